The van der Waals surface area contributed by atoms with Crippen LogP contribution in [-0.4, -0.2) is 31.5 Å². The molecule has 0 aliphatic carbocycles. The molecule has 1 atom stereocenters. The van der Waals surface area contributed by atoms with Crippen LogP contribution >= 0.6 is 0 Å². The van der Waals surface area contributed by atoms with E-state index in [0.717, 1.165) is 4.90 Å². The molecule has 0 N–H and O–H groups in total. The highest BCUT2D eigenvalue weighted by molar-refractivity contribution is 7.97. The van der Waals surface area contributed by atoms with Crippen molar-refractivity contribution in [3.05, 3.63) is 84.4 Å². The molecule has 0 saturated heterocycles. The summed E-state index contributed by atoms with van der Waals surface area (Å²) in [5.41, 5.74) is -0.0358. The molecule has 0 amide bonds. The normalized spacial score (nSPS) is 12.8. The summed E-state index contributed by atoms with van der Waals surface area (Å²) in [6, 6.07) is 20.9. The molecule has 3 rings (SSSR count). The average molecular weight is 487 g/mol. The van der Waals surface area contributed by atoms with Crippen molar-refractivity contribution in [1.82, 2.24) is 0 Å². The van der Waals surface area contributed by atoms with E-state index in [9.17, 15) is 31.1 Å². The van der Waals surface area contributed by atoms with E-state index < -0.39 is 42.4 Å². The average Bonchev–Trinajstić information content (AvgIpc) is 2.77. The van der Waals surface area contributed by atoms with E-state index in [1.165, 1.54) is 24.3 Å². The Kier molecular flexibility index (Phi) is 7.57. The molecule has 0 saturated carbocycles. The summed E-state index contributed by atoms with van der Waals surface area (Å²) in [5.74, 6) is -1.12. The zero-order valence-corrected chi connectivity index (χ0v) is 17.6. The van der Waals surface area contributed by atoms with Crippen LogP contribution in [0.5, 0.6) is 5.75 Å². The third kappa shape index (κ3) is 7.18. The zero-order chi connectivity index (χ0) is 24.1. The maximum atomic E-state index is 12.5. The van der Waals surface area contributed by atoms with Gasteiger partial charge in [0.1, 0.15) is 22.2 Å². The minimum Gasteiger partial charge on any atom is -0.484 e. The summed E-state index contributed by atoms with van der Waals surface area (Å²) in [6.45, 7) is -3.16. The molecule has 0 aliphatic rings. The molecule has 33 heavy (non-hydrogen) atoms. The first-order valence-electron chi connectivity index (χ1n) is 9.45. The Hall–Kier alpha value is -3.14. The number of carbonyl (C=O) groups excluding carboxylic acids is 1. The molecule has 0 aromatic heterocycles. The summed E-state index contributed by atoms with van der Waals surface area (Å²) in [6.07, 6.45) is -9.15. The number of benzene rings is 3. The lowest BCUT2D eigenvalue weighted by Crippen LogP contribution is -2.21. The molecule has 0 radical (unpaired) electrons. The van der Waals surface area contributed by atoms with Crippen LogP contribution in [0.4, 0.5) is 26.3 Å². The molecule has 3 aromatic carbocycles. The van der Waals surface area contributed by atoms with Crippen LogP contribution < -0.4 is 4.74 Å². The van der Waals surface area contributed by atoms with Gasteiger partial charge in [-0.15, -0.1) is 0 Å². The number of halogens is 6. The van der Waals surface area contributed by atoms with Gasteiger partial charge in [-0.2, -0.15) is 26.3 Å². The van der Waals surface area contributed by atoms with Gasteiger partial charge in [0, 0.05) is 0 Å². The molecule has 174 valence electrons. The van der Waals surface area contributed by atoms with E-state index >= 15 is 0 Å². The van der Waals surface area contributed by atoms with Crippen molar-refractivity contribution in [1.29, 1.82) is 0 Å². The van der Waals surface area contributed by atoms with Crippen LogP contribution in [0.2, 0.25) is 0 Å². The zero-order valence-electron chi connectivity index (χ0n) is 16.8. The molecule has 10 heteroatoms. The maximum absolute atomic E-state index is 12.5. The smallest absolute Gasteiger partial charge is 0.422 e. The summed E-state index contributed by atoms with van der Waals surface area (Å²) < 4.78 is 84.0. The highest BCUT2D eigenvalue weighted by Gasteiger charge is 2.36. The van der Waals surface area contributed by atoms with Crippen molar-refractivity contribution >= 4 is 16.9 Å². The number of hydrogen-bond donors (Lipinski definition) is 0. The number of hydrogen-bond acceptors (Lipinski definition) is 3. The van der Waals surface area contributed by atoms with E-state index in [0.29, 0.717) is 9.79 Å². The first-order chi connectivity index (χ1) is 15.5. The second kappa shape index (κ2) is 10.2. The second-order valence-electron chi connectivity index (χ2n) is 6.68. The fourth-order valence-corrected chi connectivity index (χ4v) is 5.03. The van der Waals surface area contributed by atoms with Gasteiger partial charge in [0.05, 0.1) is 0 Å². The topological polar surface area (TPSA) is 35.5 Å². The fraction of sp³-hybridized carbons (Fsp3) is 0.174. The Morgan fingerprint density at radius 1 is 0.697 bits per heavy atom. The number of carbonyl (C=O) groups is 1. The third-order valence-electron chi connectivity index (χ3n) is 4.13. The van der Waals surface area contributed by atoms with Gasteiger partial charge >= 0.3 is 18.3 Å². The second-order valence-corrected chi connectivity index (χ2v) is 8.68. The molecule has 0 heterocycles. The monoisotopic (exact) mass is 487 g/mol. The predicted octanol–water partition coefficient (Wildman–Crippen LogP) is 6.44. The largest absolute Gasteiger partial charge is 0.484 e. The van der Waals surface area contributed by atoms with Crippen molar-refractivity contribution < 1.29 is 40.6 Å². The Bertz CT molecular complexity index is 1070. The lowest BCUT2D eigenvalue weighted by molar-refractivity contribution is -0.161. The van der Waals surface area contributed by atoms with Gasteiger partial charge in [0.2, 0.25) is 0 Å². The number of esters is 1. The van der Waals surface area contributed by atoms with E-state index in [2.05, 4.69) is 4.74 Å². The van der Waals surface area contributed by atoms with Crippen LogP contribution in [0.3, 0.4) is 0 Å². The van der Waals surface area contributed by atoms with Gasteiger partial charge in [-0.1, -0.05) is 30.3 Å². The SMILES string of the molecule is O=C(OCC(F)(F)F)c1ccccc1[S+](c1ccccc1)c1ccc(OCC(F)(F)F)cc1. The summed E-state index contributed by atoms with van der Waals surface area (Å²) in [4.78, 5) is 14.3. The first-order valence-corrected chi connectivity index (χ1v) is 10.7. The molecule has 0 aliphatic heterocycles. The Morgan fingerprint density at radius 3 is 1.85 bits per heavy atom. The number of alkyl halides is 6. The van der Waals surface area contributed by atoms with Gasteiger partial charge in [0.15, 0.2) is 27.9 Å². The predicted molar refractivity (Wildman–Crippen MR) is 109 cm³/mol. The van der Waals surface area contributed by atoms with E-state index in [4.69, 9.17) is 4.74 Å². The van der Waals surface area contributed by atoms with Crippen LogP contribution in [0, 0.1) is 0 Å². The summed E-state index contributed by atoms with van der Waals surface area (Å²) in [7, 11) is -0.961. The molecule has 3 nitrogen and oxygen atoms in total. The summed E-state index contributed by atoms with van der Waals surface area (Å²) >= 11 is 0. The van der Waals surface area contributed by atoms with Crippen LogP contribution in [0.15, 0.2) is 93.5 Å². The lowest BCUT2D eigenvalue weighted by atomic mass is 10.2. The standard InChI is InChI=1S/C23H17F6O3S/c24-22(25,26)14-31-16-10-12-18(13-11-16)33(17-6-2-1-3-7-17)20-9-5-4-8-19(20)21(30)32-15-23(27,28)29/h1-13H,14-15H2/q+1. The molecule has 3 aromatic rings. The molecule has 1 unspecified atom stereocenters. The lowest BCUT2D eigenvalue weighted by Gasteiger charge is -2.13. The van der Waals surface area contributed by atoms with Gasteiger partial charge in [-0.25, -0.2) is 4.79 Å². The minimum absolute atomic E-state index is 0.00515. The minimum atomic E-state index is -4.67. The molecule has 0 bridgehead atoms. The Morgan fingerprint density at radius 2 is 1.24 bits per heavy atom. The van der Waals surface area contributed by atoms with Crippen LogP contribution in [0.25, 0.3) is 0 Å². The molecular weight excluding hydrogens is 470 g/mol. The highest BCUT2D eigenvalue weighted by Crippen LogP contribution is 2.34. The van der Waals surface area contributed by atoms with Gasteiger partial charge in [-0.3, -0.25) is 0 Å². The van der Waals surface area contributed by atoms with Crippen LogP contribution in [0.1, 0.15) is 10.4 Å². The Balaban J connectivity index is 1.98. The van der Waals surface area contributed by atoms with Crippen LogP contribution in [-0.2, 0) is 15.6 Å². The van der Waals surface area contributed by atoms with E-state index in [-0.39, 0.29) is 11.3 Å². The number of ether oxygens (including phenoxy) is 2. The fourth-order valence-electron chi connectivity index (χ4n) is 2.82. The summed E-state index contributed by atoms with van der Waals surface area (Å²) in [5, 5.41) is 0. The molecule has 0 fully saturated rings. The first kappa shape index (κ1) is 24.5. The van der Waals surface area contributed by atoms with E-state index in [1.807, 2.05) is 0 Å². The number of rotatable bonds is 7. The van der Waals surface area contributed by atoms with Crippen molar-refractivity contribution in [2.75, 3.05) is 13.2 Å². The Labute approximate surface area is 188 Å². The third-order valence-corrected chi connectivity index (χ3v) is 6.42. The maximum Gasteiger partial charge on any atom is 0.422 e. The molecular formula is C23H17F6O3S+. The van der Waals surface area contributed by atoms with E-state index in [1.54, 1.807) is 54.6 Å². The van der Waals surface area contributed by atoms with Gasteiger partial charge in [0.25, 0.3) is 0 Å². The van der Waals surface area contributed by atoms with Crippen molar-refractivity contribution in [3.63, 3.8) is 0 Å². The van der Waals surface area contributed by atoms with Gasteiger partial charge < -0.3 is 9.47 Å². The van der Waals surface area contributed by atoms with Crippen molar-refractivity contribution in [2.45, 2.75) is 27.0 Å². The highest BCUT2D eigenvalue weighted by atomic mass is 32.2. The molecule has 0 spiro atoms. The van der Waals surface area contributed by atoms with Gasteiger partial charge in [-0.05, 0) is 48.5 Å². The van der Waals surface area contributed by atoms with Crippen molar-refractivity contribution in [2.24, 2.45) is 0 Å². The quantitative estimate of drug-likeness (QED) is 0.219. The van der Waals surface area contributed by atoms with Crippen molar-refractivity contribution in [3.8, 4) is 5.75 Å².